The third-order valence-corrected chi connectivity index (χ3v) is 7.60. The van der Waals surface area contributed by atoms with Gasteiger partial charge in [-0.3, -0.25) is 14.9 Å². The molecule has 0 spiro atoms. The van der Waals surface area contributed by atoms with Crippen molar-refractivity contribution in [1.29, 1.82) is 0 Å². The molecule has 1 atom stereocenters. The number of ketones is 1. The van der Waals surface area contributed by atoms with E-state index in [1.54, 1.807) is 16.7 Å². The first kappa shape index (κ1) is 23.2. The zero-order valence-corrected chi connectivity index (χ0v) is 19.9. The fourth-order valence-corrected chi connectivity index (χ4v) is 5.93. The molecule has 188 valence electrons. The van der Waals surface area contributed by atoms with Gasteiger partial charge >= 0.3 is 0 Å². The first-order valence-corrected chi connectivity index (χ1v) is 12.3. The fourth-order valence-electron chi connectivity index (χ4n) is 5.93. The molecule has 2 aliphatic carbocycles. The Bertz CT molecular complexity index is 1750. The molecule has 5 aliphatic rings. The lowest BCUT2D eigenvalue weighted by Gasteiger charge is -2.23. The van der Waals surface area contributed by atoms with Gasteiger partial charge in [-0.15, -0.1) is 0 Å². The zero-order chi connectivity index (χ0) is 25.7. The zero-order valence-electron chi connectivity index (χ0n) is 19.9. The molecule has 0 aromatic heterocycles. The van der Waals surface area contributed by atoms with Gasteiger partial charge in [-0.25, -0.2) is 9.59 Å². The molecule has 1 unspecified atom stereocenters. The van der Waals surface area contributed by atoms with E-state index in [4.69, 9.17) is 9.47 Å². The van der Waals surface area contributed by atoms with Gasteiger partial charge in [0.25, 0.3) is 5.70 Å². The van der Waals surface area contributed by atoms with Crippen LogP contribution in [-0.2, 0) is 16.1 Å². The maximum Gasteiger partial charge on any atom is 0.254 e. The van der Waals surface area contributed by atoms with E-state index >= 15 is 0 Å². The predicted octanol–water partition coefficient (Wildman–Crippen LogP) is 1.08. The molecule has 10 nitrogen and oxygen atoms in total. The number of allylic oxidation sites excluding steroid dienone is 1. The van der Waals surface area contributed by atoms with Gasteiger partial charge in [0.05, 0.1) is 15.5 Å². The SMILES string of the molecule is O=C=c1c2c3c(c(=C=O)n(CCCC4CCCNC4)c=2c2cc4c(cc12)OCO4)C=C([N+](=O)[O-])CC3=O. The van der Waals surface area contributed by atoms with Gasteiger partial charge in [-0.2, -0.15) is 0 Å². The summed E-state index contributed by atoms with van der Waals surface area (Å²) in [4.78, 5) is 49.0. The second kappa shape index (κ2) is 9.01. The minimum absolute atomic E-state index is 0.0468. The van der Waals surface area contributed by atoms with Crippen molar-refractivity contribution in [3.63, 3.8) is 0 Å². The van der Waals surface area contributed by atoms with Crippen LogP contribution in [0.3, 0.4) is 0 Å². The smallest absolute Gasteiger partial charge is 0.254 e. The molecule has 6 rings (SSSR count). The van der Waals surface area contributed by atoms with Crippen LogP contribution in [0.4, 0.5) is 0 Å². The largest absolute Gasteiger partial charge is 0.454 e. The van der Waals surface area contributed by atoms with Crippen LogP contribution in [0.1, 0.15) is 48.0 Å². The lowest BCUT2D eigenvalue weighted by Crippen LogP contribution is -2.33. The Morgan fingerprint density at radius 3 is 2.62 bits per heavy atom. The summed E-state index contributed by atoms with van der Waals surface area (Å²) in [5.41, 5.74) is -0.0680. The van der Waals surface area contributed by atoms with Crippen LogP contribution in [0.15, 0.2) is 17.8 Å². The number of hydrogen-bond acceptors (Lipinski definition) is 8. The molecular formula is C27H23N3O7. The lowest BCUT2D eigenvalue weighted by molar-refractivity contribution is -0.424. The van der Waals surface area contributed by atoms with Gasteiger partial charge < -0.3 is 19.4 Å². The number of aromatic nitrogens is 1. The summed E-state index contributed by atoms with van der Waals surface area (Å²) in [7, 11) is 0. The highest BCUT2D eigenvalue weighted by atomic mass is 16.7. The van der Waals surface area contributed by atoms with Crippen molar-refractivity contribution >= 4 is 34.5 Å². The van der Waals surface area contributed by atoms with E-state index in [0.717, 1.165) is 38.8 Å². The third kappa shape index (κ3) is 3.65. The summed E-state index contributed by atoms with van der Waals surface area (Å²) in [5, 5.41) is 17.2. The van der Waals surface area contributed by atoms with Crippen molar-refractivity contribution in [1.82, 2.24) is 9.88 Å². The normalized spacial score (nSPS) is 18.4. The number of rotatable bonds is 5. The maximum atomic E-state index is 13.3. The van der Waals surface area contributed by atoms with Gasteiger partial charge in [0.15, 0.2) is 23.2 Å². The summed E-state index contributed by atoms with van der Waals surface area (Å²) in [6.45, 7) is 2.41. The fraction of sp³-hybridized carbons (Fsp3) is 0.370. The first-order valence-electron chi connectivity index (χ1n) is 12.3. The Balaban J connectivity index is 1.68. The number of Topliss-reactive ketones (excluding diaryl/α,β-unsaturated/α-hetero) is 1. The molecule has 37 heavy (non-hydrogen) atoms. The van der Waals surface area contributed by atoms with Crippen LogP contribution < -0.4 is 25.4 Å². The number of nitrogens with zero attached hydrogens (tertiary/aromatic N) is 2. The summed E-state index contributed by atoms with van der Waals surface area (Å²) < 4.78 is 12.8. The number of fused-ring (bicyclic) bond motifs is 5. The Kier molecular flexibility index (Phi) is 5.65. The molecule has 10 heteroatoms. The van der Waals surface area contributed by atoms with Crippen molar-refractivity contribution in [2.45, 2.75) is 38.6 Å². The van der Waals surface area contributed by atoms with E-state index in [-0.39, 0.29) is 34.2 Å². The highest BCUT2D eigenvalue weighted by Crippen LogP contribution is 2.36. The molecule has 3 heterocycles. The van der Waals surface area contributed by atoms with Crippen LogP contribution >= 0.6 is 0 Å². The van der Waals surface area contributed by atoms with E-state index in [1.165, 1.54) is 6.08 Å². The summed E-state index contributed by atoms with van der Waals surface area (Å²) in [6.07, 6.45) is 4.72. The minimum atomic E-state index is -0.618. The van der Waals surface area contributed by atoms with Gasteiger partial charge in [0.1, 0.15) is 17.7 Å². The Labute approximate surface area is 209 Å². The summed E-state index contributed by atoms with van der Waals surface area (Å²) in [5.74, 6) is 4.89. The molecule has 0 amide bonds. The van der Waals surface area contributed by atoms with Crippen molar-refractivity contribution in [3.05, 3.63) is 60.2 Å². The molecule has 0 saturated carbocycles. The van der Waals surface area contributed by atoms with Crippen molar-refractivity contribution in [2.24, 2.45) is 5.92 Å². The van der Waals surface area contributed by atoms with Crippen molar-refractivity contribution < 1.29 is 28.8 Å². The van der Waals surface area contributed by atoms with Crippen molar-refractivity contribution in [3.8, 4) is 11.5 Å². The van der Waals surface area contributed by atoms with Gasteiger partial charge in [-0.05, 0) is 56.8 Å². The number of nitro groups is 1. The van der Waals surface area contributed by atoms with Crippen LogP contribution in [0.5, 0.6) is 11.5 Å². The summed E-state index contributed by atoms with van der Waals surface area (Å²) in [6, 6.07) is 3.42. The number of carbonyl (C=O) groups is 1. The number of ether oxygens (including phenoxy) is 2. The van der Waals surface area contributed by atoms with Crippen LogP contribution in [0.2, 0.25) is 0 Å². The first-order chi connectivity index (χ1) is 18.0. The van der Waals surface area contributed by atoms with Crippen LogP contribution in [0, 0.1) is 26.6 Å². The highest BCUT2D eigenvalue weighted by molar-refractivity contribution is 6.05. The predicted molar refractivity (Wildman–Crippen MR) is 131 cm³/mol. The Morgan fingerprint density at radius 2 is 1.95 bits per heavy atom. The standard InChI is InChI=1S/C27H23N3O7/c31-12-20-17-9-23-24(37-14-36-23)10-18(17)27-26(20)25-19(7-16(30(34)35)8-22(25)33)21(13-32)29(27)6-2-4-15-3-1-5-28-11-15/h7,9-10,15,28H,1-6,8,11,14H2. The molecule has 3 aliphatic heterocycles. The maximum absolute atomic E-state index is 13.3. The number of carbonyl (C=O) groups excluding carboxylic acids is 3. The monoisotopic (exact) mass is 501 g/mol. The molecular weight excluding hydrogens is 478 g/mol. The molecule has 0 radical (unpaired) electrons. The molecule has 1 saturated heterocycles. The lowest BCUT2D eigenvalue weighted by atomic mass is 9.92. The van der Waals surface area contributed by atoms with E-state index < -0.39 is 17.1 Å². The topological polar surface area (TPSA) is 130 Å². The van der Waals surface area contributed by atoms with Gasteiger partial charge in [0.2, 0.25) is 6.79 Å². The van der Waals surface area contributed by atoms with Gasteiger partial charge in [0, 0.05) is 39.7 Å². The van der Waals surface area contributed by atoms with E-state index in [0.29, 0.717) is 45.3 Å². The molecule has 1 aromatic rings. The van der Waals surface area contributed by atoms with Gasteiger partial charge in [-0.1, -0.05) is 0 Å². The number of piperidine rings is 1. The molecule has 1 N–H and O–H groups in total. The van der Waals surface area contributed by atoms with E-state index in [1.807, 2.05) is 11.9 Å². The molecule has 0 bridgehead atoms. The average Bonchev–Trinajstić information content (AvgIpc) is 3.49. The average molecular weight is 501 g/mol. The van der Waals surface area contributed by atoms with Crippen molar-refractivity contribution in [2.75, 3.05) is 19.9 Å². The number of hydrogen-bond donors (Lipinski definition) is 1. The molecule has 1 aromatic carbocycles. The Morgan fingerprint density at radius 1 is 1.16 bits per heavy atom. The number of nitrogens with one attached hydrogen (secondary N) is 1. The van der Waals surface area contributed by atoms with E-state index in [2.05, 4.69) is 5.32 Å². The quantitative estimate of drug-likeness (QED) is 0.406. The third-order valence-electron chi connectivity index (χ3n) is 7.60. The minimum Gasteiger partial charge on any atom is -0.454 e. The number of benzene rings is 1. The highest BCUT2D eigenvalue weighted by Gasteiger charge is 2.31. The van der Waals surface area contributed by atoms with Crippen LogP contribution in [0.25, 0.3) is 16.8 Å². The summed E-state index contributed by atoms with van der Waals surface area (Å²) >= 11 is 0. The Hall–Kier alpha value is -4.23. The molecule has 1 fully saturated rings. The second-order valence-electron chi connectivity index (χ2n) is 9.69. The van der Waals surface area contributed by atoms with E-state index in [9.17, 15) is 24.5 Å². The second-order valence-corrected chi connectivity index (χ2v) is 9.69. The van der Waals surface area contributed by atoms with Crippen LogP contribution in [-0.4, -0.2) is 47.0 Å².